The molecule has 0 radical (unpaired) electrons. The van der Waals surface area contributed by atoms with E-state index in [0.29, 0.717) is 6.54 Å². The number of hydrogen-bond acceptors (Lipinski definition) is 2. The van der Waals surface area contributed by atoms with Crippen LogP contribution < -0.4 is 10.6 Å². The van der Waals surface area contributed by atoms with Crippen molar-refractivity contribution >= 4 is 6.03 Å². The van der Waals surface area contributed by atoms with E-state index in [2.05, 4.69) is 29.4 Å². The average Bonchev–Trinajstić information content (AvgIpc) is 2.25. The van der Waals surface area contributed by atoms with Gasteiger partial charge in [-0.2, -0.15) is 0 Å². The van der Waals surface area contributed by atoms with Gasteiger partial charge in [-0.25, -0.2) is 4.79 Å². The highest BCUT2D eigenvalue weighted by Gasteiger charge is 1.99. The van der Waals surface area contributed by atoms with E-state index in [0.717, 1.165) is 26.1 Å². The minimum Gasteiger partial charge on any atom is -0.337 e. The van der Waals surface area contributed by atoms with Gasteiger partial charge in [0.15, 0.2) is 0 Å². The zero-order chi connectivity index (χ0) is 11.5. The first kappa shape index (κ1) is 14.0. The molecule has 0 saturated heterocycles. The van der Waals surface area contributed by atoms with E-state index in [1.807, 2.05) is 13.0 Å². The Bertz CT molecular complexity index is 188. The number of allylic oxidation sites excluding steroid dienone is 1. The van der Waals surface area contributed by atoms with Gasteiger partial charge in [-0.05, 0) is 19.5 Å². The van der Waals surface area contributed by atoms with Crippen molar-refractivity contribution in [2.75, 3.05) is 26.2 Å². The summed E-state index contributed by atoms with van der Waals surface area (Å²) in [6.07, 6.45) is 4.51. The van der Waals surface area contributed by atoms with Crippen molar-refractivity contribution < 1.29 is 4.79 Å². The molecule has 0 heterocycles. The fourth-order valence-corrected chi connectivity index (χ4v) is 1.17. The average molecular weight is 213 g/mol. The summed E-state index contributed by atoms with van der Waals surface area (Å²) in [5.41, 5.74) is 0. The quantitative estimate of drug-likeness (QED) is 0.674. The lowest BCUT2D eigenvalue weighted by molar-refractivity contribution is 0.240. The second-order valence-corrected chi connectivity index (χ2v) is 3.24. The second kappa shape index (κ2) is 9.52. The normalized spacial score (nSPS) is 10.9. The summed E-state index contributed by atoms with van der Waals surface area (Å²) in [7, 11) is 0. The molecule has 0 aromatic heterocycles. The zero-order valence-electron chi connectivity index (χ0n) is 10.0. The number of hydrogen-bond donors (Lipinski definition) is 2. The SMILES string of the molecule is CC/C=C/NC(=O)NCCN(CC)CC. The van der Waals surface area contributed by atoms with Crippen molar-refractivity contribution in [1.29, 1.82) is 0 Å². The van der Waals surface area contributed by atoms with Gasteiger partial charge in [0.2, 0.25) is 0 Å². The molecule has 0 atom stereocenters. The molecular formula is C11H23N3O. The van der Waals surface area contributed by atoms with E-state index in [9.17, 15) is 4.79 Å². The van der Waals surface area contributed by atoms with E-state index < -0.39 is 0 Å². The first-order chi connectivity index (χ1) is 7.24. The first-order valence-electron chi connectivity index (χ1n) is 5.66. The van der Waals surface area contributed by atoms with Crippen LogP contribution in [-0.2, 0) is 0 Å². The number of nitrogens with one attached hydrogen (secondary N) is 2. The topological polar surface area (TPSA) is 44.4 Å². The van der Waals surface area contributed by atoms with Crippen molar-refractivity contribution in [2.24, 2.45) is 0 Å². The van der Waals surface area contributed by atoms with Gasteiger partial charge in [-0.1, -0.05) is 26.8 Å². The van der Waals surface area contributed by atoms with Crippen LogP contribution in [0.15, 0.2) is 12.3 Å². The molecule has 0 unspecified atom stereocenters. The summed E-state index contributed by atoms with van der Waals surface area (Å²) in [6, 6.07) is -0.133. The number of carbonyl (C=O) groups excluding carboxylic acids is 1. The van der Waals surface area contributed by atoms with Crippen LogP contribution in [0, 0.1) is 0 Å². The first-order valence-corrected chi connectivity index (χ1v) is 5.66. The van der Waals surface area contributed by atoms with Crippen molar-refractivity contribution in [2.45, 2.75) is 27.2 Å². The third kappa shape index (κ3) is 8.00. The molecule has 0 aliphatic carbocycles. The van der Waals surface area contributed by atoms with Gasteiger partial charge in [-0.3, -0.25) is 0 Å². The van der Waals surface area contributed by atoms with Crippen molar-refractivity contribution in [3.05, 3.63) is 12.3 Å². The Balaban J connectivity index is 3.49. The summed E-state index contributed by atoms with van der Waals surface area (Å²) in [6.45, 7) is 9.90. The lowest BCUT2D eigenvalue weighted by Gasteiger charge is -2.17. The van der Waals surface area contributed by atoms with Gasteiger partial charge in [-0.15, -0.1) is 0 Å². The van der Waals surface area contributed by atoms with Gasteiger partial charge in [0.05, 0.1) is 0 Å². The highest BCUT2D eigenvalue weighted by molar-refractivity contribution is 5.74. The molecule has 2 amide bonds. The Kier molecular flexibility index (Phi) is 8.87. The molecule has 0 aliphatic rings. The molecule has 0 bridgehead atoms. The smallest absolute Gasteiger partial charge is 0.318 e. The Hall–Kier alpha value is -1.03. The Morgan fingerprint density at radius 2 is 1.93 bits per heavy atom. The summed E-state index contributed by atoms with van der Waals surface area (Å²) in [5.74, 6) is 0. The number of rotatable bonds is 7. The molecule has 15 heavy (non-hydrogen) atoms. The molecule has 2 N–H and O–H groups in total. The monoisotopic (exact) mass is 213 g/mol. The molecule has 4 nitrogen and oxygen atoms in total. The van der Waals surface area contributed by atoms with Gasteiger partial charge < -0.3 is 15.5 Å². The van der Waals surface area contributed by atoms with Crippen LogP contribution in [0.1, 0.15) is 27.2 Å². The minimum atomic E-state index is -0.133. The fourth-order valence-electron chi connectivity index (χ4n) is 1.17. The fraction of sp³-hybridized carbons (Fsp3) is 0.727. The Morgan fingerprint density at radius 3 is 2.47 bits per heavy atom. The maximum atomic E-state index is 11.2. The summed E-state index contributed by atoms with van der Waals surface area (Å²) in [5, 5.41) is 5.44. The summed E-state index contributed by atoms with van der Waals surface area (Å²) < 4.78 is 0. The third-order valence-corrected chi connectivity index (χ3v) is 2.18. The molecule has 0 saturated carbocycles. The standard InChI is InChI=1S/C11H23N3O/c1-4-7-8-12-11(15)13-9-10-14(5-2)6-3/h7-8H,4-6,9-10H2,1-3H3,(H2,12,13,15)/b8-7+. The number of nitrogens with zero attached hydrogens (tertiary/aromatic N) is 1. The second-order valence-electron chi connectivity index (χ2n) is 3.24. The van der Waals surface area contributed by atoms with Crippen molar-refractivity contribution in [1.82, 2.24) is 15.5 Å². The van der Waals surface area contributed by atoms with E-state index >= 15 is 0 Å². The maximum absolute atomic E-state index is 11.2. The largest absolute Gasteiger partial charge is 0.337 e. The Labute approximate surface area is 92.7 Å². The highest BCUT2D eigenvalue weighted by Crippen LogP contribution is 1.84. The van der Waals surface area contributed by atoms with Crippen LogP contribution in [0.3, 0.4) is 0 Å². The Morgan fingerprint density at radius 1 is 1.27 bits per heavy atom. The van der Waals surface area contributed by atoms with Gasteiger partial charge >= 0.3 is 6.03 Å². The lowest BCUT2D eigenvalue weighted by Crippen LogP contribution is -2.38. The summed E-state index contributed by atoms with van der Waals surface area (Å²) in [4.78, 5) is 13.5. The number of carbonyl (C=O) groups is 1. The molecule has 0 aliphatic heterocycles. The van der Waals surface area contributed by atoms with Crippen molar-refractivity contribution in [3.63, 3.8) is 0 Å². The van der Waals surface area contributed by atoms with Gasteiger partial charge in [0.25, 0.3) is 0 Å². The number of likely N-dealkylation sites (N-methyl/N-ethyl adjacent to an activating group) is 1. The molecule has 0 spiro atoms. The van der Waals surface area contributed by atoms with E-state index in [1.165, 1.54) is 0 Å². The zero-order valence-corrected chi connectivity index (χ0v) is 10.0. The maximum Gasteiger partial charge on any atom is 0.318 e. The van der Waals surface area contributed by atoms with Crippen LogP contribution >= 0.6 is 0 Å². The molecule has 0 aromatic carbocycles. The number of urea groups is 1. The molecule has 0 rings (SSSR count). The van der Waals surface area contributed by atoms with Crippen LogP contribution in [0.2, 0.25) is 0 Å². The molecular weight excluding hydrogens is 190 g/mol. The molecule has 0 aromatic rings. The predicted octanol–water partition coefficient (Wildman–Crippen LogP) is 1.55. The predicted molar refractivity (Wildman–Crippen MR) is 63.8 cm³/mol. The van der Waals surface area contributed by atoms with Gasteiger partial charge in [0, 0.05) is 19.3 Å². The van der Waals surface area contributed by atoms with E-state index in [-0.39, 0.29) is 6.03 Å². The van der Waals surface area contributed by atoms with E-state index in [1.54, 1.807) is 6.20 Å². The molecule has 4 heteroatoms. The van der Waals surface area contributed by atoms with E-state index in [4.69, 9.17) is 0 Å². The van der Waals surface area contributed by atoms with Crippen LogP contribution in [-0.4, -0.2) is 37.1 Å². The molecule has 0 fully saturated rings. The van der Waals surface area contributed by atoms with Crippen LogP contribution in [0.25, 0.3) is 0 Å². The van der Waals surface area contributed by atoms with Crippen LogP contribution in [0.5, 0.6) is 0 Å². The molecule has 88 valence electrons. The summed E-state index contributed by atoms with van der Waals surface area (Å²) >= 11 is 0. The minimum absolute atomic E-state index is 0.133. The number of amides is 2. The highest BCUT2D eigenvalue weighted by atomic mass is 16.2. The van der Waals surface area contributed by atoms with Gasteiger partial charge in [0.1, 0.15) is 0 Å². The third-order valence-electron chi connectivity index (χ3n) is 2.18. The van der Waals surface area contributed by atoms with Crippen molar-refractivity contribution in [3.8, 4) is 0 Å². The van der Waals surface area contributed by atoms with Crippen LogP contribution in [0.4, 0.5) is 4.79 Å². The lowest BCUT2D eigenvalue weighted by atomic mass is 10.4.